The van der Waals surface area contributed by atoms with Crippen LogP contribution in [0, 0.1) is 17.8 Å². The first-order valence-electron chi connectivity index (χ1n) is 38.5. The minimum Gasteiger partial charge on any atom is -0.505 e. The smallest absolute Gasteiger partial charge is 0.350 e. The van der Waals surface area contributed by atoms with E-state index in [0.29, 0.717) is 39.1 Å². The number of likely N-dealkylation sites (N-methyl/N-ethyl adjacent to an activating group) is 1. The third-order valence-electron chi connectivity index (χ3n) is 21.2. The molecule has 6 aliphatic heterocycles. The van der Waals surface area contributed by atoms with E-state index in [9.17, 15) is 88.2 Å². The summed E-state index contributed by atoms with van der Waals surface area (Å²) >= 11 is 0. The molecule has 36 heteroatoms. The molecule has 8 amide bonds. The number of esters is 4. The van der Waals surface area contributed by atoms with Gasteiger partial charge in [-0.1, -0.05) is 105 Å². The van der Waals surface area contributed by atoms with Gasteiger partial charge in [-0.15, -0.1) is 0 Å². The zero-order valence-corrected chi connectivity index (χ0v) is 65.6. The monoisotopic (exact) mass is 1640 g/mol. The van der Waals surface area contributed by atoms with Gasteiger partial charge in [0.15, 0.2) is 29.2 Å². The number of carbonyl (C=O) groups is 12. The number of amides is 8. The normalized spacial score (nSPS) is 29.9. The van der Waals surface area contributed by atoms with E-state index in [1.54, 1.807) is 24.3 Å². The SMILES string of the molecule is C[C@H]1OC(=O)C(C2CCO2)N(C)C(=O)[C@H](C)[C@H](O)[C@H](Cc2ccccc2)NC(=O)[C@H]1NC(=O)c1ncccc1O.C[C@H]1OC(=O)C(C2CCO2)NC(=O)[C@H](C)[C@H](O)[C@H](Cc2ccccc2)NC(=O)[C@H]1NC(=O)c1ncccc1O.C[C@H]1OC(=O)C(C2CCO2)OC(=O)[C@H](C)[C@H](O)[C@H](Cc2ccccc2)NC(=O)[C@H]1NC(=O)c1ncccc1O. The van der Waals surface area contributed by atoms with Gasteiger partial charge in [-0.2, -0.15) is 0 Å². The van der Waals surface area contributed by atoms with Crippen LogP contribution in [-0.4, -0.2) is 258 Å². The molecule has 13 N–H and O–H groups in total. The number of ether oxygens (including phenoxy) is 7. The average molecular weight is 1640 g/mol. The van der Waals surface area contributed by atoms with E-state index in [2.05, 4.69) is 52.2 Å². The summed E-state index contributed by atoms with van der Waals surface area (Å²) in [5.74, 6) is -13.9. The molecule has 36 nitrogen and oxygen atoms in total. The summed E-state index contributed by atoms with van der Waals surface area (Å²) in [5, 5.41) is 82.3. The highest BCUT2D eigenvalue weighted by atomic mass is 16.6. The molecule has 3 aromatic carbocycles. The molecule has 3 aromatic heterocycles. The zero-order chi connectivity index (χ0) is 85.2. The number of nitrogens with zero attached hydrogens (tertiary/aromatic N) is 4. The van der Waals surface area contributed by atoms with Crippen molar-refractivity contribution in [3.05, 3.63) is 180 Å². The predicted octanol–water partition coefficient (Wildman–Crippen LogP) is 0.256. The Morgan fingerprint density at radius 1 is 0.407 bits per heavy atom. The van der Waals surface area contributed by atoms with Gasteiger partial charge < -0.3 is 106 Å². The summed E-state index contributed by atoms with van der Waals surface area (Å²) in [6, 6.07) is 25.8. The van der Waals surface area contributed by atoms with Gasteiger partial charge in [0, 0.05) is 51.9 Å². The quantitative estimate of drug-likeness (QED) is 0.0484. The lowest BCUT2D eigenvalue weighted by atomic mass is 9.90. The number of aromatic hydroxyl groups is 3. The molecule has 0 saturated carbocycles. The minimum atomic E-state index is -1.46. The van der Waals surface area contributed by atoms with Gasteiger partial charge in [0.25, 0.3) is 17.7 Å². The van der Waals surface area contributed by atoms with Crippen molar-refractivity contribution in [1.29, 1.82) is 0 Å². The second-order valence-corrected chi connectivity index (χ2v) is 29.5. The third-order valence-corrected chi connectivity index (χ3v) is 21.2. The van der Waals surface area contributed by atoms with Crippen molar-refractivity contribution in [2.24, 2.45) is 17.8 Å². The number of aromatic nitrogens is 3. The molecule has 0 aliphatic carbocycles. The summed E-state index contributed by atoms with van der Waals surface area (Å²) in [6.45, 7) is 9.87. The van der Waals surface area contributed by atoms with Crippen molar-refractivity contribution < 1.29 is 121 Å². The van der Waals surface area contributed by atoms with Gasteiger partial charge in [-0.25, -0.2) is 29.3 Å². The van der Waals surface area contributed by atoms with E-state index < -0.39 is 216 Å². The van der Waals surface area contributed by atoms with E-state index in [4.69, 9.17) is 33.2 Å². The molecular formula is C82H97N11O25. The number of rotatable bonds is 15. The van der Waals surface area contributed by atoms with Crippen LogP contribution in [0.2, 0.25) is 0 Å². The lowest BCUT2D eigenvalue weighted by Crippen LogP contribution is -2.62. The van der Waals surface area contributed by atoms with E-state index in [1.165, 1.54) is 108 Å². The van der Waals surface area contributed by atoms with Crippen LogP contribution < -0.4 is 37.2 Å². The summed E-state index contributed by atoms with van der Waals surface area (Å²) < 4.78 is 38.5. The van der Waals surface area contributed by atoms with Gasteiger partial charge in [-0.05, 0) is 113 Å². The van der Waals surface area contributed by atoms with Crippen molar-refractivity contribution in [2.75, 3.05) is 26.9 Å². The van der Waals surface area contributed by atoms with Crippen LogP contribution in [0.4, 0.5) is 0 Å². The van der Waals surface area contributed by atoms with E-state index in [1.807, 2.05) is 66.7 Å². The van der Waals surface area contributed by atoms with Gasteiger partial charge >= 0.3 is 23.9 Å². The Hall–Kier alpha value is -12.1. The summed E-state index contributed by atoms with van der Waals surface area (Å²) in [5.41, 5.74) is 1.39. The molecule has 6 unspecified atom stereocenters. The van der Waals surface area contributed by atoms with Crippen molar-refractivity contribution in [3.8, 4) is 17.2 Å². The molecule has 6 fully saturated rings. The topological polar surface area (TPSA) is 517 Å². The number of pyridine rings is 3. The van der Waals surface area contributed by atoms with Crippen LogP contribution in [-0.2, 0) is 95.6 Å². The van der Waals surface area contributed by atoms with Crippen LogP contribution in [0.1, 0.15) is 109 Å². The molecule has 21 atom stereocenters. The number of cyclic esters (lactones) is 4. The Morgan fingerprint density at radius 2 is 0.746 bits per heavy atom. The van der Waals surface area contributed by atoms with Crippen LogP contribution in [0.3, 0.4) is 0 Å². The van der Waals surface area contributed by atoms with E-state index in [-0.39, 0.29) is 36.3 Å². The van der Waals surface area contributed by atoms with Gasteiger partial charge in [0.1, 0.15) is 59.8 Å². The average Bonchev–Trinajstić information content (AvgIpc) is 0.488. The van der Waals surface area contributed by atoms with E-state index in [0.717, 1.165) is 16.7 Å². The molecule has 118 heavy (non-hydrogen) atoms. The first-order valence-corrected chi connectivity index (χ1v) is 38.5. The predicted molar refractivity (Wildman–Crippen MR) is 411 cm³/mol. The minimum absolute atomic E-state index is 0.149. The Kier molecular flexibility index (Phi) is 30.4. The zero-order valence-electron chi connectivity index (χ0n) is 65.6. The first kappa shape index (κ1) is 88.3. The molecule has 0 bridgehead atoms. The summed E-state index contributed by atoms with van der Waals surface area (Å²) in [4.78, 5) is 171. The molecule has 0 radical (unpaired) electrons. The molecule has 630 valence electrons. The molecule has 6 aromatic rings. The van der Waals surface area contributed by atoms with Crippen LogP contribution in [0.5, 0.6) is 17.2 Å². The van der Waals surface area contributed by atoms with Crippen LogP contribution >= 0.6 is 0 Å². The Morgan fingerprint density at radius 3 is 1.09 bits per heavy atom. The highest BCUT2D eigenvalue weighted by Crippen LogP contribution is 2.29. The lowest BCUT2D eigenvalue weighted by Gasteiger charge is -2.41. The van der Waals surface area contributed by atoms with Crippen molar-refractivity contribution in [1.82, 2.24) is 57.1 Å². The van der Waals surface area contributed by atoms with Gasteiger partial charge in [0.2, 0.25) is 35.6 Å². The maximum atomic E-state index is 13.6. The number of aliphatic hydroxyl groups is 3. The van der Waals surface area contributed by atoms with Crippen molar-refractivity contribution in [3.63, 3.8) is 0 Å². The maximum absolute atomic E-state index is 13.6. The Labute approximate surface area is 677 Å². The van der Waals surface area contributed by atoms with Gasteiger partial charge in [-0.3, -0.25) is 43.2 Å². The number of benzene rings is 3. The summed E-state index contributed by atoms with van der Waals surface area (Å²) in [7, 11) is 1.45. The number of hydrogen-bond acceptors (Lipinski definition) is 28. The number of nitrogens with one attached hydrogen (secondary N) is 7. The van der Waals surface area contributed by atoms with Crippen LogP contribution in [0.25, 0.3) is 0 Å². The number of carbonyl (C=O) groups excluding carboxylic acids is 12. The standard InChI is InChI=1S/C28H34N4O8.C27H32N4O8.C27H31N3O9/c1-15-24(34)18(14-17-8-5-4-6-9-17)30-25(35)21(31-26(36)22-19(33)10-7-12-29-22)16(2)40-28(38)23(20-11-13-39-20)32(3)27(15)37;1-14-23(33)17(13-16-7-4-3-5-8-16)29-25(35)20(30-26(36)21-18(32)9-6-11-28-21)15(2)39-27(37)22(31-24(14)34)19-10-12-38-19;1-14-22(32)17(13-16-7-4-3-5-8-16)29-24(33)20(30-25(34)21-18(31)9-6-11-28-21)15(2)38-27(36)23(39-26(14)35)19-10-12-37-19/h4-10,12,15-16,18,20-21,23-24,33-34H,11,13-14H2,1-3H3,(H,30,35)(H,31,36);3-9,11,14-15,17,19-20,22-23,32-33H,10,12-13H2,1-2H3,(H,29,35)(H,30,36)(H,31,34);3-9,11,14-15,17,19-20,22-23,31-32H,10,12-13H2,1-2H3,(H,29,33)(H,30,34)/t15-,16-,18+,20?,21+,23?,24+;14-,15-,17+,19?,20+,22?,23+;14-,15-,17+,19?,20+,22+,23?/m111/s1. The molecule has 12 rings (SSSR count). The fourth-order valence-electron chi connectivity index (χ4n) is 13.8. The number of hydrogen-bond donors (Lipinski definition) is 13. The van der Waals surface area contributed by atoms with E-state index >= 15 is 0 Å². The molecule has 0 spiro atoms. The molecule has 9 heterocycles. The first-order chi connectivity index (χ1) is 56.4. The van der Waals surface area contributed by atoms with Crippen LogP contribution in [0.15, 0.2) is 146 Å². The second-order valence-electron chi connectivity index (χ2n) is 29.5. The molecule has 6 saturated heterocycles. The maximum Gasteiger partial charge on any atom is 0.350 e. The highest BCUT2D eigenvalue weighted by molar-refractivity contribution is 6.01. The number of aliphatic hydroxyl groups excluding tert-OH is 3. The Balaban J connectivity index is 0.000000186. The van der Waals surface area contributed by atoms with Crippen molar-refractivity contribution >= 4 is 71.1 Å². The lowest BCUT2D eigenvalue weighted by molar-refractivity contribution is -0.198. The largest absolute Gasteiger partial charge is 0.505 e. The third kappa shape index (κ3) is 22.1. The van der Waals surface area contributed by atoms with Crippen molar-refractivity contribution in [2.45, 2.75) is 189 Å². The Bertz CT molecular complexity index is 4360. The fraction of sp³-hybridized carbons (Fsp3) is 0.451. The van der Waals surface area contributed by atoms with Gasteiger partial charge in [0.05, 0.1) is 66.4 Å². The second kappa shape index (κ2) is 40.7. The summed E-state index contributed by atoms with van der Waals surface area (Å²) in [6.07, 6.45) is -5.31. The fourth-order valence-corrected chi connectivity index (χ4v) is 13.8. The molecule has 6 aliphatic rings. The highest BCUT2D eigenvalue weighted by Gasteiger charge is 2.49. The molecular weight excluding hydrogens is 1540 g/mol.